The van der Waals surface area contributed by atoms with Crippen LogP contribution in [0.1, 0.15) is 245 Å². The molecule has 0 fully saturated rings. The predicted molar refractivity (Wildman–Crippen MR) is 295 cm³/mol. The van der Waals surface area contributed by atoms with Gasteiger partial charge in [0.2, 0.25) is 5.91 Å². The first-order valence-electron chi connectivity index (χ1n) is 28.3. The van der Waals surface area contributed by atoms with Crippen LogP contribution in [0.25, 0.3) is 0 Å². The van der Waals surface area contributed by atoms with Gasteiger partial charge in [-0.15, -0.1) is 0 Å². The Kier molecular flexibility index (Phi) is 48.4. The molecule has 0 aromatic heterocycles. The number of phosphoric acid groups is 1. The number of unbranched alkanes of at least 4 members (excludes halogenated alkanes) is 28. The second-order valence-electron chi connectivity index (χ2n) is 20.3. The number of nitrogens with zero attached hydrogens (tertiary/aromatic N) is 1. The van der Waals surface area contributed by atoms with Crippen molar-refractivity contribution in [1.82, 2.24) is 5.32 Å². The van der Waals surface area contributed by atoms with Gasteiger partial charge >= 0.3 is 7.82 Å². The molecule has 0 radical (unpaired) electrons. The lowest BCUT2D eigenvalue weighted by Gasteiger charge is -2.25. The number of aliphatic hydroxyl groups is 1. The summed E-state index contributed by atoms with van der Waals surface area (Å²) in [5.41, 5.74) is 0. The molecule has 0 bridgehead atoms. The lowest BCUT2D eigenvalue weighted by atomic mass is 10.0. The maximum Gasteiger partial charge on any atom is 0.472 e. The molecule has 9 heteroatoms. The predicted octanol–water partition coefficient (Wildman–Crippen LogP) is 17.1. The van der Waals surface area contributed by atoms with Gasteiger partial charge in [0.1, 0.15) is 13.2 Å². The summed E-state index contributed by atoms with van der Waals surface area (Å²) in [7, 11) is 1.55. The van der Waals surface area contributed by atoms with E-state index in [2.05, 4.69) is 79.9 Å². The Morgan fingerprint density at radius 1 is 0.515 bits per heavy atom. The van der Waals surface area contributed by atoms with Crippen molar-refractivity contribution < 1.29 is 32.9 Å². The molecular weight excluding hydrogens is 864 g/mol. The Bertz CT molecular complexity index is 1330. The Balaban J connectivity index is 4.28. The van der Waals surface area contributed by atoms with E-state index in [1.165, 1.54) is 135 Å². The van der Waals surface area contributed by atoms with Crippen molar-refractivity contribution in [2.75, 3.05) is 40.9 Å². The molecule has 0 rings (SSSR count). The number of allylic oxidation sites excluding steroid dienone is 11. The summed E-state index contributed by atoms with van der Waals surface area (Å²) >= 11 is 0. The van der Waals surface area contributed by atoms with Gasteiger partial charge in [0.05, 0.1) is 39.9 Å². The minimum Gasteiger partial charge on any atom is -0.387 e. The number of quaternary nitrogens is 1. The largest absolute Gasteiger partial charge is 0.472 e. The van der Waals surface area contributed by atoms with E-state index in [9.17, 15) is 19.4 Å². The van der Waals surface area contributed by atoms with Gasteiger partial charge in [-0.1, -0.05) is 247 Å². The molecule has 396 valence electrons. The number of carbonyl (C=O) groups excluding carboxylic acids is 1. The van der Waals surface area contributed by atoms with Crippen LogP contribution in [0.5, 0.6) is 0 Å². The second kappa shape index (κ2) is 49.9. The summed E-state index contributed by atoms with van der Waals surface area (Å²) < 4.78 is 23.7. The molecule has 8 nitrogen and oxygen atoms in total. The second-order valence-corrected chi connectivity index (χ2v) is 21.7. The van der Waals surface area contributed by atoms with Crippen molar-refractivity contribution in [3.05, 3.63) is 72.9 Å². The normalized spacial score (nSPS) is 14.5. The number of amides is 1. The molecular formula is C59H110N2O6P+. The summed E-state index contributed by atoms with van der Waals surface area (Å²) in [4.78, 5) is 23.3. The van der Waals surface area contributed by atoms with E-state index >= 15 is 0 Å². The first-order chi connectivity index (χ1) is 33.0. The third-order valence-corrected chi connectivity index (χ3v) is 13.4. The molecule has 0 heterocycles. The topological polar surface area (TPSA) is 105 Å². The first kappa shape index (κ1) is 65.9. The highest BCUT2D eigenvalue weighted by molar-refractivity contribution is 7.47. The van der Waals surface area contributed by atoms with Crippen molar-refractivity contribution >= 4 is 13.7 Å². The van der Waals surface area contributed by atoms with Crippen molar-refractivity contribution in [2.24, 2.45) is 0 Å². The van der Waals surface area contributed by atoms with Crippen LogP contribution in [0.15, 0.2) is 72.9 Å². The van der Waals surface area contributed by atoms with Crippen molar-refractivity contribution in [2.45, 2.75) is 257 Å². The number of hydrogen-bond donors (Lipinski definition) is 3. The molecule has 68 heavy (non-hydrogen) atoms. The summed E-state index contributed by atoms with van der Waals surface area (Å²) in [5.74, 6) is -0.196. The molecule has 1 amide bonds. The van der Waals surface area contributed by atoms with Gasteiger partial charge in [-0.3, -0.25) is 13.8 Å². The zero-order valence-corrected chi connectivity index (χ0v) is 46.0. The van der Waals surface area contributed by atoms with Crippen molar-refractivity contribution in [3.8, 4) is 0 Å². The van der Waals surface area contributed by atoms with Crippen LogP contribution in [0, 0.1) is 0 Å². The van der Waals surface area contributed by atoms with Gasteiger partial charge in [-0.25, -0.2) is 4.57 Å². The maximum absolute atomic E-state index is 13.0. The molecule has 3 atom stereocenters. The van der Waals surface area contributed by atoms with E-state index in [0.29, 0.717) is 17.4 Å². The number of likely N-dealkylation sites (N-methyl/N-ethyl adjacent to an activating group) is 1. The third-order valence-electron chi connectivity index (χ3n) is 12.4. The van der Waals surface area contributed by atoms with Crippen LogP contribution >= 0.6 is 7.82 Å². The number of nitrogens with one attached hydrogen (secondary N) is 1. The van der Waals surface area contributed by atoms with Crippen molar-refractivity contribution in [3.63, 3.8) is 0 Å². The van der Waals surface area contributed by atoms with Crippen LogP contribution in [0.3, 0.4) is 0 Å². The summed E-state index contributed by atoms with van der Waals surface area (Å²) in [6, 6.07) is -0.862. The van der Waals surface area contributed by atoms with E-state index in [4.69, 9.17) is 9.05 Å². The van der Waals surface area contributed by atoms with E-state index in [0.717, 1.165) is 89.9 Å². The molecule has 0 aliphatic heterocycles. The number of carbonyl (C=O) groups is 1. The molecule has 0 aliphatic carbocycles. The van der Waals surface area contributed by atoms with E-state index in [1.54, 1.807) is 6.08 Å². The minimum atomic E-state index is -4.36. The average Bonchev–Trinajstić information content (AvgIpc) is 3.30. The molecule has 0 saturated heterocycles. The highest BCUT2D eigenvalue weighted by Gasteiger charge is 2.27. The molecule has 0 aliphatic rings. The SMILES string of the molecule is CC/C=C\C/C=C\C/C=C\C/C=C\C/C=C\CCCCCCCC(=O)NC(COP(=O)(O)OCC[N+](C)(C)C)C(O)/C=C/CCCCCCCCCCCCCCCCCCCCCCCCC. The van der Waals surface area contributed by atoms with Gasteiger partial charge < -0.3 is 19.8 Å². The number of hydrogen-bond acceptors (Lipinski definition) is 5. The Morgan fingerprint density at radius 2 is 0.882 bits per heavy atom. The van der Waals surface area contributed by atoms with Gasteiger partial charge in [0, 0.05) is 6.42 Å². The molecule has 0 saturated carbocycles. The van der Waals surface area contributed by atoms with E-state index in [-0.39, 0.29) is 19.1 Å². The molecule has 0 aromatic rings. The highest BCUT2D eigenvalue weighted by Crippen LogP contribution is 2.43. The zero-order chi connectivity index (χ0) is 49.9. The maximum atomic E-state index is 13.0. The summed E-state index contributed by atoms with van der Waals surface area (Å²) in [6.07, 6.45) is 68.5. The quantitative estimate of drug-likeness (QED) is 0.0243. The van der Waals surface area contributed by atoms with Gasteiger partial charge in [0.15, 0.2) is 0 Å². The lowest BCUT2D eigenvalue weighted by molar-refractivity contribution is -0.870. The van der Waals surface area contributed by atoms with Gasteiger partial charge in [-0.05, 0) is 64.2 Å². The van der Waals surface area contributed by atoms with E-state index < -0.39 is 20.0 Å². The fourth-order valence-electron chi connectivity index (χ4n) is 8.01. The average molecular weight is 975 g/mol. The molecule has 0 aromatic carbocycles. The fourth-order valence-corrected chi connectivity index (χ4v) is 8.75. The Morgan fingerprint density at radius 3 is 1.29 bits per heavy atom. The number of phosphoric ester groups is 1. The highest BCUT2D eigenvalue weighted by atomic mass is 31.2. The van der Waals surface area contributed by atoms with Gasteiger partial charge in [0.25, 0.3) is 0 Å². The van der Waals surface area contributed by atoms with Gasteiger partial charge in [-0.2, -0.15) is 0 Å². The first-order valence-corrected chi connectivity index (χ1v) is 29.8. The third kappa shape index (κ3) is 51.8. The summed E-state index contributed by atoms with van der Waals surface area (Å²) in [6.45, 7) is 4.70. The molecule has 0 spiro atoms. The fraction of sp³-hybridized carbons (Fsp3) is 0.780. The van der Waals surface area contributed by atoms with Crippen LogP contribution in [0.2, 0.25) is 0 Å². The van der Waals surface area contributed by atoms with Crippen LogP contribution in [-0.4, -0.2) is 73.4 Å². The lowest BCUT2D eigenvalue weighted by Crippen LogP contribution is -2.45. The van der Waals surface area contributed by atoms with Crippen LogP contribution in [0.4, 0.5) is 0 Å². The van der Waals surface area contributed by atoms with Crippen molar-refractivity contribution in [1.29, 1.82) is 0 Å². The number of aliphatic hydroxyl groups excluding tert-OH is 1. The Labute approximate surface area is 421 Å². The standard InChI is InChI=1S/C59H109N2O6P/c1-6-8-10-12-14-16-18-20-22-24-26-28-29-30-31-33-34-36-38-40-42-44-46-48-50-52-58(62)57(56-67-68(64,65)66-55-54-61(3,4)5)60-59(63)53-51-49-47-45-43-41-39-37-35-32-27-25-23-21-19-17-15-13-11-9-7-2/h9,11,15,17,21,23,27,32,37,39,50,52,57-58,62H,6-8,10,12-14,16,18-20,22,24-26,28-31,33-36,38,40-49,51,53-56H2,1-5H3,(H-,60,63,64,65)/p+1/b11-9-,17-15-,23-21-,32-27-,39-37-,52-50+. The molecule has 3 N–H and O–H groups in total. The molecule has 3 unspecified atom stereocenters. The van der Waals surface area contributed by atoms with E-state index in [1.807, 2.05) is 27.2 Å². The zero-order valence-electron chi connectivity index (χ0n) is 45.1. The number of rotatable bonds is 51. The Hall–Kier alpha value is -2.06. The van der Waals surface area contributed by atoms with Crippen LogP contribution in [-0.2, 0) is 18.4 Å². The van der Waals surface area contributed by atoms with Crippen LogP contribution < -0.4 is 5.32 Å². The monoisotopic (exact) mass is 974 g/mol. The minimum absolute atomic E-state index is 0.0542. The smallest absolute Gasteiger partial charge is 0.387 e. The summed E-state index contributed by atoms with van der Waals surface area (Å²) in [5, 5.41) is 13.9.